The highest BCUT2D eigenvalue weighted by molar-refractivity contribution is 5.88. The summed E-state index contributed by atoms with van der Waals surface area (Å²) in [6, 6.07) is 21.0. The number of carboxylic acids is 1. The van der Waals surface area contributed by atoms with Crippen molar-refractivity contribution in [2.45, 2.75) is 63.7 Å². The number of piperidine rings is 1. The van der Waals surface area contributed by atoms with Gasteiger partial charge in [0.1, 0.15) is 0 Å². The Kier molecular flexibility index (Phi) is 6.98. The number of nitrogens with zero attached hydrogens (tertiary/aromatic N) is 1. The lowest BCUT2D eigenvalue weighted by Gasteiger charge is -2.61. The van der Waals surface area contributed by atoms with Gasteiger partial charge in [0.2, 0.25) is 11.8 Å². The van der Waals surface area contributed by atoms with E-state index in [4.69, 9.17) is 0 Å². The van der Waals surface area contributed by atoms with Crippen molar-refractivity contribution in [2.24, 2.45) is 28.6 Å². The van der Waals surface area contributed by atoms with Crippen LogP contribution in [0.1, 0.15) is 74.8 Å². The molecule has 2 amide bonds. The van der Waals surface area contributed by atoms with Crippen molar-refractivity contribution in [3.05, 3.63) is 71.8 Å². The van der Waals surface area contributed by atoms with Gasteiger partial charge in [0.25, 0.3) is 0 Å². The summed E-state index contributed by atoms with van der Waals surface area (Å²) in [5.41, 5.74) is 1.61. The second kappa shape index (κ2) is 10.4. The van der Waals surface area contributed by atoms with E-state index in [1.807, 2.05) is 17.0 Å². The molecule has 6 heteroatoms. The molecule has 2 aromatic carbocycles. The topological polar surface area (TPSA) is 86.7 Å². The average molecular weight is 529 g/mol. The monoisotopic (exact) mass is 528 g/mol. The van der Waals surface area contributed by atoms with E-state index in [1.54, 1.807) is 0 Å². The minimum Gasteiger partial charge on any atom is -0.481 e. The number of amides is 2. The van der Waals surface area contributed by atoms with E-state index in [-0.39, 0.29) is 23.7 Å². The number of hydrogen-bond acceptors (Lipinski definition) is 3. The molecule has 1 saturated heterocycles. The first kappa shape index (κ1) is 26.1. The summed E-state index contributed by atoms with van der Waals surface area (Å²) in [6.07, 6.45) is 7.23. The Balaban J connectivity index is 1.14. The van der Waals surface area contributed by atoms with Crippen molar-refractivity contribution in [1.82, 2.24) is 10.2 Å². The van der Waals surface area contributed by atoms with Crippen molar-refractivity contribution < 1.29 is 19.5 Å². The summed E-state index contributed by atoms with van der Waals surface area (Å²) in [4.78, 5) is 41.2. The zero-order valence-corrected chi connectivity index (χ0v) is 22.7. The van der Waals surface area contributed by atoms with E-state index in [1.165, 1.54) is 11.1 Å². The van der Waals surface area contributed by atoms with Crippen molar-refractivity contribution in [1.29, 1.82) is 0 Å². The van der Waals surface area contributed by atoms with Crippen molar-refractivity contribution in [3.8, 4) is 0 Å². The molecule has 1 heterocycles. The first-order valence-electron chi connectivity index (χ1n) is 14.8. The quantitative estimate of drug-likeness (QED) is 0.491. The van der Waals surface area contributed by atoms with Gasteiger partial charge < -0.3 is 15.3 Å². The fourth-order valence-electron chi connectivity index (χ4n) is 8.86. The molecule has 39 heavy (non-hydrogen) atoms. The molecule has 2 atom stereocenters. The predicted octanol–water partition coefficient (Wildman–Crippen LogP) is 5.23. The molecule has 4 aliphatic carbocycles. The lowest BCUT2D eigenvalue weighted by Crippen LogP contribution is -2.62. The molecule has 0 aromatic heterocycles. The second-order valence-electron chi connectivity index (χ2n) is 12.8. The molecule has 7 rings (SSSR count). The number of rotatable bonds is 8. The van der Waals surface area contributed by atoms with Crippen molar-refractivity contribution in [2.75, 3.05) is 19.6 Å². The SMILES string of the molecule is O=C(O)C1CCN(C(=O)C23CC4CC(CC(C(=O)NCCC(c5ccccc5)c5ccccc5)(C4)C2)C3)CC1. The predicted molar refractivity (Wildman–Crippen MR) is 149 cm³/mol. The maximum Gasteiger partial charge on any atom is 0.306 e. The van der Waals surface area contributed by atoms with E-state index in [0.29, 0.717) is 50.7 Å². The number of carbonyl (C=O) groups is 3. The summed E-state index contributed by atoms with van der Waals surface area (Å²) in [5.74, 6) is 0.292. The Morgan fingerprint density at radius 1 is 0.846 bits per heavy atom. The number of likely N-dealkylation sites (tertiary alicyclic amines) is 1. The average Bonchev–Trinajstić information content (AvgIpc) is 2.95. The van der Waals surface area contributed by atoms with Crippen LogP contribution >= 0.6 is 0 Å². The van der Waals surface area contributed by atoms with Gasteiger partial charge in [-0.25, -0.2) is 0 Å². The summed E-state index contributed by atoms with van der Waals surface area (Å²) in [5, 5.41) is 12.7. The molecule has 6 nitrogen and oxygen atoms in total. The van der Waals surface area contributed by atoms with Gasteiger partial charge in [-0.1, -0.05) is 60.7 Å². The zero-order valence-electron chi connectivity index (χ0n) is 22.7. The standard InChI is InChI=1S/C33H40N2O4/c36-29(37)27-12-15-35(16-13-27)31(39)33-20-23-17-24(21-33)19-32(18-23,22-33)30(38)34-14-11-28(25-7-3-1-4-8-25)26-9-5-2-6-10-26/h1-10,23-24,27-28H,11-22H2,(H,34,38)(H,36,37). The number of aliphatic carboxylic acids is 1. The molecule has 2 N–H and O–H groups in total. The molecular formula is C33H40N2O4. The van der Waals surface area contributed by atoms with Crippen LogP contribution in [0.25, 0.3) is 0 Å². The molecule has 0 radical (unpaired) electrons. The maximum atomic E-state index is 14.0. The lowest BCUT2D eigenvalue weighted by molar-refractivity contribution is -0.175. The van der Waals surface area contributed by atoms with Crippen molar-refractivity contribution >= 4 is 17.8 Å². The van der Waals surface area contributed by atoms with Crippen LogP contribution in [0.3, 0.4) is 0 Å². The summed E-state index contributed by atoms with van der Waals surface area (Å²) in [6.45, 7) is 1.65. The maximum absolute atomic E-state index is 14.0. The third-order valence-corrected chi connectivity index (χ3v) is 10.3. The molecule has 0 spiro atoms. The van der Waals surface area contributed by atoms with E-state index < -0.39 is 16.8 Å². The molecule has 1 aliphatic heterocycles. The Hall–Kier alpha value is -3.15. The summed E-state index contributed by atoms with van der Waals surface area (Å²) in [7, 11) is 0. The highest BCUT2D eigenvalue weighted by atomic mass is 16.4. The fraction of sp³-hybridized carbons (Fsp3) is 0.545. The number of carbonyl (C=O) groups excluding carboxylic acids is 2. The Bertz CT molecular complexity index is 1150. The van der Waals surface area contributed by atoms with E-state index in [2.05, 4.69) is 53.8 Å². The Morgan fingerprint density at radius 3 is 1.92 bits per heavy atom. The largest absolute Gasteiger partial charge is 0.481 e. The van der Waals surface area contributed by atoms with Crippen LogP contribution in [-0.4, -0.2) is 47.4 Å². The van der Waals surface area contributed by atoms with Crippen LogP contribution in [-0.2, 0) is 14.4 Å². The van der Waals surface area contributed by atoms with Crippen LogP contribution in [0.4, 0.5) is 0 Å². The molecule has 2 unspecified atom stereocenters. The minimum absolute atomic E-state index is 0.137. The van der Waals surface area contributed by atoms with Gasteiger partial charge in [0.15, 0.2) is 0 Å². The Morgan fingerprint density at radius 2 is 1.38 bits per heavy atom. The van der Waals surface area contributed by atoms with E-state index >= 15 is 0 Å². The highest BCUT2D eigenvalue weighted by Gasteiger charge is 2.63. The van der Waals surface area contributed by atoms with Gasteiger partial charge in [-0.2, -0.15) is 0 Å². The second-order valence-corrected chi connectivity index (χ2v) is 12.8. The van der Waals surface area contributed by atoms with Crippen molar-refractivity contribution in [3.63, 3.8) is 0 Å². The normalized spacial score (nSPS) is 29.9. The molecule has 4 saturated carbocycles. The highest BCUT2D eigenvalue weighted by Crippen LogP contribution is 2.66. The molecule has 5 fully saturated rings. The van der Waals surface area contributed by atoms with E-state index in [0.717, 1.165) is 38.5 Å². The number of carboxylic acid groups (broad SMARTS) is 1. The molecule has 206 valence electrons. The molecular weight excluding hydrogens is 488 g/mol. The van der Waals surface area contributed by atoms with Gasteiger partial charge in [0, 0.05) is 25.6 Å². The third-order valence-electron chi connectivity index (χ3n) is 10.3. The molecule has 4 bridgehead atoms. The summed E-state index contributed by atoms with van der Waals surface area (Å²) >= 11 is 0. The minimum atomic E-state index is -0.755. The van der Waals surface area contributed by atoms with Gasteiger partial charge in [-0.15, -0.1) is 0 Å². The van der Waals surface area contributed by atoms with Crippen LogP contribution in [0.15, 0.2) is 60.7 Å². The van der Waals surface area contributed by atoms with Gasteiger partial charge in [-0.05, 0) is 80.8 Å². The summed E-state index contributed by atoms with van der Waals surface area (Å²) < 4.78 is 0. The smallest absolute Gasteiger partial charge is 0.306 e. The zero-order chi connectivity index (χ0) is 27.0. The van der Waals surface area contributed by atoms with E-state index in [9.17, 15) is 19.5 Å². The number of benzene rings is 2. The molecule has 5 aliphatic rings. The van der Waals surface area contributed by atoms with Crippen LogP contribution < -0.4 is 5.32 Å². The van der Waals surface area contributed by atoms with Crippen LogP contribution in [0.5, 0.6) is 0 Å². The lowest BCUT2D eigenvalue weighted by atomic mass is 9.43. The first-order chi connectivity index (χ1) is 18.9. The number of hydrogen-bond donors (Lipinski definition) is 2. The molecule has 2 aromatic rings. The van der Waals surface area contributed by atoms with Gasteiger partial charge in [-0.3, -0.25) is 14.4 Å². The Labute approximate surface area is 231 Å². The van der Waals surface area contributed by atoms with Crippen LogP contribution in [0.2, 0.25) is 0 Å². The van der Waals surface area contributed by atoms with Crippen LogP contribution in [0, 0.1) is 28.6 Å². The number of nitrogens with one attached hydrogen (secondary N) is 1. The fourth-order valence-corrected chi connectivity index (χ4v) is 8.86. The third kappa shape index (κ3) is 4.99. The first-order valence-corrected chi connectivity index (χ1v) is 14.8. The van der Waals surface area contributed by atoms with Gasteiger partial charge >= 0.3 is 5.97 Å². The van der Waals surface area contributed by atoms with Gasteiger partial charge in [0.05, 0.1) is 16.7 Å².